The molecule has 1 fully saturated rings. The van der Waals surface area contributed by atoms with E-state index in [9.17, 15) is 5.11 Å². The van der Waals surface area contributed by atoms with Crippen LogP contribution in [0.4, 0.5) is 5.69 Å². The summed E-state index contributed by atoms with van der Waals surface area (Å²) in [6.45, 7) is 6.75. The number of hydrogen-bond donors (Lipinski definition) is 2. The summed E-state index contributed by atoms with van der Waals surface area (Å²) in [7, 11) is 0. The fraction of sp³-hybridized carbons (Fsp3) is 0.647. The summed E-state index contributed by atoms with van der Waals surface area (Å²) in [5, 5.41) is 13.1. The smallest absolute Gasteiger partial charge is 0.115 e. The van der Waals surface area contributed by atoms with Gasteiger partial charge >= 0.3 is 0 Å². The van der Waals surface area contributed by atoms with Crippen LogP contribution in [0.3, 0.4) is 0 Å². The fourth-order valence-corrected chi connectivity index (χ4v) is 3.17. The first-order valence-corrected chi connectivity index (χ1v) is 7.62. The van der Waals surface area contributed by atoms with Crippen molar-refractivity contribution in [2.75, 3.05) is 5.32 Å². The number of rotatable bonds is 3. The Hall–Kier alpha value is -1.18. The quantitative estimate of drug-likeness (QED) is 0.609. The van der Waals surface area contributed by atoms with Crippen LogP contribution >= 0.6 is 0 Å². The predicted molar refractivity (Wildman–Crippen MR) is 81.7 cm³/mol. The van der Waals surface area contributed by atoms with Crippen molar-refractivity contribution in [2.24, 2.45) is 11.8 Å². The largest absolute Gasteiger partial charge is 0.508 e. The third-order valence-electron chi connectivity index (χ3n) is 4.53. The molecule has 0 aliphatic heterocycles. The van der Waals surface area contributed by atoms with Crippen LogP contribution in [0.15, 0.2) is 18.2 Å². The average molecular weight is 261 g/mol. The minimum absolute atomic E-state index is 0.351. The van der Waals surface area contributed by atoms with Gasteiger partial charge in [0.1, 0.15) is 5.75 Å². The summed E-state index contributed by atoms with van der Waals surface area (Å²) in [5.41, 5.74) is 2.30. The van der Waals surface area contributed by atoms with E-state index >= 15 is 0 Å². The van der Waals surface area contributed by atoms with Gasteiger partial charge in [0.15, 0.2) is 0 Å². The van der Waals surface area contributed by atoms with Crippen LogP contribution in [0.5, 0.6) is 5.75 Å². The van der Waals surface area contributed by atoms with E-state index in [0.29, 0.717) is 11.8 Å². The van der Waals surface area contributed by atoms with Crippen molar-refractivity contribution in [1.82, 2.24) is 0 Å². The lowest BCUT2D eigenvalue weighted by molar-refractivity contribution is 0.341. The molecule has 0 aromatic heterocycles. The average Bonchev–Trinajstić information content (AvgIpc) is 2.58. The lowest BCUT2D eigenvalue weighted by atomic mass is 9.89. The van der Waals surface area contributed by atoms with Gasteiger partial charge in [0.25, 0.3) is 0 Å². The molecule has 2 heteroatoms. The molecule has 2 nitrogen and oxygen atoms in total. The lowest BCUT2D eigenvalue weighted by Gasteiger charge is -2.20. The molecular formula is C17H27NO. The van der Waals surface area contributed by atoms with Gasteiger partial charge in [0.2, 0.25) is 0 Å². The molecule has 1 saturated carbocycles. The van der Waals surface area contributed by atoms with Gasteiger partial charge in [-0.2, -0.15) is 0 Å². The second kappa shape index (κ2) is 6.31. The maximum atomic E-state index is 9.46. The molecule has 0 saturated heterocycles. The molecule has 2 atom stereocenters. The molecule has 1 aliphatic carbocycles. The number of aromatic hydroxyl groups is 1. The Kier molecular flexibility index (Phi) is 4.73. The van der Waals surface area contributed by atoms with Gasteiger partial charge < -0.3 is 10.4 Å². The topological polar surface area (TPSA) is 32.3 Å². The Morgan fingerprint density at radius 3 is 2.63 bits per heavy atom. The van der Waals surface area contributed by atoms with E-state index in [1.807, 2.05) is 12.1 Å². The molecule has 0 radical (unpaired) electrons. The summed E-state index contributed by atoms with van der Waals surface area (Å²) in [6.07, 6.45) is 6.58. The fourth-order valence-electron chi connectivity index (χ4n) is 3.17. The number of phenols is 1. The Bertz CT molecular complexity index is 414. The Morgan fingerprint density at radius 1 is 1.16 bits per heavy atom. The van der Waals surface area contributed by atoms with Gasteiger partial charge in [-0.3, -0.25) is 0 Å². The van der Waals surface area contributed by atoms with Crippen LogP contribution in [0.1, 0.15) is 51.5 Å². The molecule has 106 valence electrons. The van der Waals surface area contributed by atoms with E-state index in [-0.39, 0.29) is 0 Å². The zero-order valence-corrected chi connectivity index (χ0v) is 12.4. The van der Waals surface area contributed by atoms with E-state index in [1.165, 1.54) is 37.8 Å². The number of benzene rings is 1. The first-order chi connectivity index (χ1) is 9.06. The molecule has 2 N–H and O–H groups in total. The first kappa shape index (κ1) is 14.2. The zero-order chi connectivity index (χ0) is 13.8. The molecule has 2 unspecified atom stereocenters. The highest BCUT2D eigenvalue weighted by Crippen LogP contribution is 2.31. The summed E-state index contributed by atoms with van der Waals surface area (Å²) in [4.78, 5) is 0. The van der Waals surface area contributed by atoms with Crippen molar-refractivity contribution in [3.63, 3.8) is 0 Å². The standard InChI is InChI=1S/C17H27NO/c1-12(2)14-5-4-6-15(8-7-14)18-17-10-9-16(19)11-13(17)3/h9-12,14-15,18-19H,4-8H2,1-3H3. The molecule has 1 aliphatic rings. The molecule has 0 spiro atoms. The van der Waals surface area contributed by atoms with E-state index < -0.39 is 0 Å². The summed E-state index contributed by atoms with van der Waals surface area (Å²) in [5.74, 6) is 2.06. The third kappa shape index (κ3) is 3.89. The van der Waals surface area contributed by atoms with Crippen LogP contribution in [-0.2, 0) is 0 Å². The molecule has 19 heavy (non-hydrogen) atoms. The van der Waals surface area contributed by atoms with Crippen LogP contribution in [-0.4, -0.2) is 11.1 Å². The minimum Gasteiger partial charge on any atom is -0.508 e. The monoisotopic (exact) mass is 261 g/mol. The van der Waals surface area contributed by atoms with Crippen molar-refractivity contribution >= 4 is 5.69 Å². The zero-order valence-electron chi connectivity index (χ0n) is 12.4. The summed E-state index contributed by atoms with van der Waals surface area (Å²) >= 11 is 0. The van der Waals surface area contributed by atoms with E-state index in [2.05, 4.69) is 26.1 Å². The van der Waals surface area contributed by atoms with E-state index in [1.54, 1.807) is 6.07 Å². The molecule has 0 amide bonds. The van der Waals surface area contributed by atoms with Gasteiger partial charge in [-0.05, 0) is 61.8 Å². The Balaban J connectivity index is 1.96. The highest BCUT2D eigenvalue weighted by Gasteiger charge is 2.21. The number of hydrogen-bond acceptors (Lipinski definition) is 2. The highest BCUT2D eigenvalue weighted by molar-refractivity contribution is 5.53. The number of phenolic OH excluding ortho intramolecular Hbond substituents is 1. The van der Waals surface area contributed by atoms with Crippen molar-refractivity contribution in [3.8, 4) is 5.75 Å². The van der Waals surface area contributed by atoms with E-state index in [4.69, 9.17) is 0 Å². The summed E-state index contributed by atoms with van der Waals surface area (Å²) in [6, 6.07) is 6.18. The van der Waals surface area contributed by atoms with Gasteiger partial charge in [-0.1, -0.05) is 26.7 Å². The molecular weight excluding hydrogens is 234 g/mol. The van der Waals surface area contributed by atoms with E-state index in [0.717, 1.165) is 17.4 Å². The SMILES string of the molecule is Cc1cc(O)ccc1NC1CCCC(C(C)C)CC1. The van der Waals surface area contributed by atoms with Gasteiger partial charge in [0.05, 0.1) is 0 Å². The van der Waals surface area contributed by atoms with Crippen molar-refractivity contribution in [1.29, 1.82) is 0 Å². The Morgan fingerprint density at radius 2 is 1.95 bits per heavy atom. The van der Waals surface area contributed by atoms with Gasteiger partial charge in [-0.15, -0.1) is 0 Å². The maximum Gasteiger partial charge on any atom is 0.115 e. The second-order valence-electron chi connectivity index (χ2n) is 6.35. The molecule has 0 heterocycles. The number of nitrogens with one attached hydrogen (secondary N) is 1. The number of anilines is 1. The van der Waals surface area contributed by atoms with Crippen molar-refractivity contribution in [3.05, 3.63) is 23.8 Å². The first-order valence-electron chi connectivity index (χ1n) is 7.62. The van der Waals surface area contributed by atoms with Crippen molar-refractivity contribution in [2.45, 2.75) is 58.9 Å². The minimum atomic E-state index is 0.351. The number of aryl methyl sites for hydroxylation is 1. The van der Waals surface area contributed by atoms with Crippen LogP contribution in [0.2, 0.25) is 0 Å². The second-order valence-corrected chi connectivity index (χ2v) is 6.35. The predicted octanol–water partition coefficient (Wildman–Crippen LogP) is 4.72. The molecule has 0 bridgehead atoms. The normalized spacial score (nSPS) is 24.2. The molecule has 2 rings (SSSR count). The summed E-state index contributed by atoms with van der Waals surface area (Å²) < 4.78 is 0. The lowest BCUT2D eigenvalue weighted by Crippen LogP contribution is -2.19. The van der Waals surface area contributed by atoms with Crippen LogP contribution in [0, 0.1) is 18.8 Å². The van der Waals surface area contributed by atoms with Crippen molar-refractivity contribution < 1.29 is 5.11 Å². The highest BCUT2D eigenvalue weighted by atomic mass is 16.3. The Labute approximate surface area is 117 Å². The van der Waals surface area contributed by atoms with Crippen LogP contribution in [0.25, 0.3) is 0 Å². The van der Waals surface area contributed by atoms with Gasteiger partial charge in [0, 0.05) is 11.7 Å². The molecule has 1 aromatic rings. The van der Waals surface area contributed by atoms with Crippen LogP contribution < -0.4 is 5.32 Å². The third-order valence-corrected chi connectivity index (χ3v) is 4.53. The van der Waals surface area contributed by atoms with Gasteiger partial charge in [-0.25, -0.2) is 0 Å². The molecule has 1 aromatic carbocycles. The maximum absolute atomic E-state index is 9.46.